The monoisotopic (exact) mass is 443 g/mol. The normalized spacial score (nSPS) is 18.3. The summed E-state index contributed by atoms with van der Waals surface area (Å²) in [5.74, 6) is -1.09. The van der Waals surface area contributed by atoms with Gasteiger partial charge in [0.05, 0.1) is 0 Å². The average Bonchev–Trinajstić information content (AvgIpc) is 2.71. The van der Waals surface area contributed by atoms with E-state index in [2.05, 4.69) is 0 Å². The molecule has 0 spiro atoms. The fraction of sp³-hybridized carbons (Fsp3) is 0.348. The third-order valence-electron chi connectivity index (χ3n) is 5.14. The largest absolute Gasteiger partial charge is 0.465 e. The van der Waals surface area contributed by atoms with Crippen LogP contribution in [0.25, 0.3) is 5.57 Å². The Kier molecular flexibility index (Phi) is 6.78. The number of primary amides is 1. The number of benzene rings is 1. The summed E-state index contributed by atoms with van der Waals surface area (Å²) in [6.07, 6.45) is 0.960. The molecule has 3 rings (SSSR count). The first-order valence-corrected chi connectivity index (χ1v) is 10.2. The lowest BCUT2D eigenvalue weighted by atomic mass is 9.81. The van der Waals surface area contributed by atoms with Crippen LogP contribution in [0.1, 0.15) is 25.8 Å². The van der Waals surface area contributed by atoms with Crippen molar-refractivity contribution in [2.24, 2.45) is 11.7 Å². The Morgan fingerprint density at radius 2 is 2.03 bits per heavy atom. The van der Waals surface area contributed by atoms with Crippen molar-refractivity contribution in [3.63, 3.8) is 0 Å². The van der Waals surface area contributed by atoms with E-state index in [1.165, 1.54) is 19.2 Å². The maximum atomic E-state index is 15.0. The van der Waals surface area contributed by atoms with Crippen LogP contribution in [0.4, 0.5) is 9.18 Å². The molecular formula is C23H26FN3O5. The highest BCUT2D eigenvalue weighted by molar-refractivity contribution is 5.98. The second-order valence-electron chi connectivity index (χ2n) is 8.14. The summed E-state index contributed by atoms with van der Waals surface area (Å²) in [4.78, 5) is 38.5. The number of halogens is 1. The molecule has 0 saturated heterocycles. The summed E-state index contributed by atoms with van der Waals surface area (Å²) < 4.78 is 20.3. The molecule has 0 fully saturated rings. The Morgan fingerprint density at radius 3 is 2.62 bits per heavy atom. The van der Waals surface area contributed by atoms with Crippen LogP contribution in [0.5, 0.6) is 0 Å². The van der Waals surface area contributed by atoms with Gasteiger partial charge >= 0.3 is 6.09 Å². The summed E-state index contributed by atoms with van der Waals surface area (Å²) in [5, 5.41) is 9.76. The standard InChI is InChI=1S/C23H26FN3O5/c1-13(2)10-27-11-14-8-18(28)19(32-12-20(25)29)9-16(14)21(22(27)26(3)23(30)31)15-6-4-5-7-17(15)24/h4-7,9,11,13,19H,8,10,12H2,1-3H3,(H2,25,29)(H,30,31). The highest BCUT2D eigenvalue weighted by Gasteiger charge is 2.37. The molecule has 1 aromatic carbocycles. The number of nitrogens with two attached hydrogens (primary N) is 1. The summed E-state index contributed by atoms with van der Waals surface area (Å²) in [7, 11) is 1.39. The zero-order valence-corrected chi connectivity index (χ0v) is 18.2. The second-order valence-corrected chi connectivity index (χ2v) is 8.14. The van der Waals surface area contributed by atoms with Crippen molar-refractivity contribution >= 4 is 23.4 Å². The molecule has 0 aromatic heterocycles. The number of fused-ring (bicyclic) bond motifs is 1. The van der Waals surface area contributed by atoms with Crippen molar-refractivity contribution in [2.75, 3.05) is 20.2 Å². The fourth-order valence-electron chi connectivity index (χ4n) is 3.83. The predicted molar refractivity (Wildman–Crippen MR) is 115 cm³/mol. The van der Waals surface area contributed by atoms with Gasteiger partial charge in [0.25, 0.3) is 0 Å². The molecule has 2 amide bonds. The van der Waals surface area contributed by atoms with Gasteiger partial charge in [-0.2, -0.15) is 0 Å². The number of carbonyl (C=O) groups excluding carboxylic acids is 2. The third-order valence-corrected chi connectivity index (χ3v) is 5.14. The first kappa shape index (κ1) is 23.2. The van der Waals surface area contributed by atoms with Crippen LogP contribution in [0.2, 0.25) is 0 Å². The van der Waals surface area contributed by atoms with Crippen LogP contribution in [0.3, 0.4) is 0 Å². The van der Waals surface area contributed by atoms with Crippen molar-refractivity contribution in [3.8, 4) is 0 Å². The van der Waals surface area contributed by atoms with E-state index >= 15 is 0 Å². The van der Waals surface area contributed by atoms with Gasteiger partial charge in [0.2, 0.25) is 5.91 Å². The molecule has 1 unspecified atom stereocenters. The van der Waals surface area contributed by atoms with E-state index in [0.29, 0.717) is 23.3 Å². The van der Waals surface area contributed by atoms with E-state index in [4.69, 9.17) is 10.5 Å². The molecule has 3 N–H and O–H groups in total. The number of hydrogen-bond donors (Lipinski definition) is 2. The lowest BCUT2D eigenvalue weighted by molar-refractivity contribution is -0.132. The van der Waals surface area contributed by atoms with Gasteiger partial charge in [0.15, 0.2) is 5.78 Å². The maximum absolute atomic E-state index is 15.0. The Morgan fingerprint density at radius 1 is 1.34 bits per heavy atom. The Balaban J connectivity index is 2.27. The smallest absolute Gasteiger partial charge is 0.412 e. The Bertz CT molecular complexity index is 1040. The van der Waals surface area contributed by atoms with Crippen LogP contribution >= 0.6 is 0 Å². The maximum Gasteiger partial charge on any atom is 0.412 e. The minimum atomic E-state index is -1.21. The van der Waals surface area contributed by atoms with Crippen LogP contribution < -0.4 is 5.73 Å². The van der Waals surface area contributed by atoms with Crippen molar-refractivity contribution in [3.05, 3.63) is 64.9 Å². The number of ketones is 1. The van der Waals surface area contributed by atoms with Gasteiger partial charge in [-0.05, 0) is 29.2 Å². The molecule has 32 heavy (non-hydrogen) atoms. The highest BCUT2D eigenvalue weighted by atomic mass is 19.1. The van der Waals surface area contributed by atoms with Crippen LogP contribution in [0, 0.1) is 11.7 Å². The summed E-state index contributed by atoms with van der Waals surface area (Å²) in [6, 6.07) is 6.06. The van der Waals surface area contributed by atoms with E-state index < -0.39 is 30.5 Å². The lowest BCUT2D eigenvalue weighted by Gasteiger charge is -2.39. The second kappa shape index (κ2) is 9.35. The number of carboxylic acid groups (broad SMARTS) is 1. The summed E-state index contributed by atoms with van der Waals surface area (Å²) in [6.45, 7) is 3.96. The molecule has 0 bridgehead atoms. The molecule has 0 radical (unpaired) electrons. The van der Waals surface area contributed by atoms with Crippen LogP contribution in [-0.4, -0.2) is 59.0 Å². The third kappa shape index (κ3) is 4.72. The molecule has 1 aliphatic carbocycles. The Hall–Kier alpha value is -3.46. The highest BCUT2D eigenvalue weighted by Crippen LogP contribution is 2.43. The minimum Gasteiger partial charge on any atom is -0.465 e. The lowest BCUT2D eigenvalue weighted by Crippen LogP contribution is -2.40. The number of allylic oxidation sites excluding steroid dienone is 3. The topological polar surface area (TPSA) is 113 Å². The minimum absolute atomic E-state index is 0.00806. The molecule has 2 aliphatic rings. The number of nitrogens with zero attached hydrogens (tertiary/aromatic N) is 2. The van der Waals surface area contributed by atoms with Crippen molar-refractivity contribution in [2.45, 2.75) is 26.4 Å². The molecule has 0 saturated carbocycles. The van der Waals surface area contributed by atoms with E-state index in [0.717, 1.165) is 4.90 Å². The van der Waals surface area contributed by atoms with Crippen molar-refractivity contribution in [1.29, 1.82) is 0 Å². The molecule has 1 heterocycles. The van der Waals surface area contributed by atoms with Gasteiger partial charge in [0, 0.05) is 37.3 Å². The van der Waals surface area contributed by atoms with Crippen molar-refractivity contribution in [1.82, 2.24) is 9.80 Å². The quantitative estimate of drug-likeness (QED) is 0.670. The summed E-state index contributed by atoms with van der Waals surface area (Å²) >= 11 is 0. The van der Waals surface area contributed by atoms with Gasteiger partial charge < -0.3 is 20.5 Å². The van der Waals surface area contributed by atoms with Gasteiger partial charge in [-0.3, -0.25) is 14.5 Å². The molecule has 1 aromatic rings. The molecule has 1 atom stereocenters. The van der Waals surface area contributed by atoms with Crippen molar-refractivity contribution < 1.29 is 28.6 Å². The SMILES string of the molecule is CC(C)CN1C=C2CC(=O)C(OCC(N)=O)C=C2C(c2ccccc2F)=C1N(C)C(=O)O. The molecule has 170 valence electrons. The predicted octanol–water partition coefficient (Wildman–Crippen LogP) is 2.73. The Labute approximate surface area is 185 Å². The van der Waals surface area contributed by atoms with Gasteiger partial charge in [-0.1, -0.05) is 32.0 Å². The van der Waals surface area contributed by atoms with Crippen LogP contribution in [-0.2, 0) is 14.3 Å². The first-order valence-electron chi connectivity index (χ1n) is 10.2. The molecule has 1 aliphatic heterocycles. The van der Waals surface area contributed by atoms with E-state index in [1.807, 2.05) is 13.8 Å². The van der Waals surface area contributed by atoms with Gasteiger partial charge in [-0.15, -0.1) is 0 Å². The summed E-state index contributed by atoms with van der Waals surface area (Å²) in [5.41, 5.74) is 6.79. The molecule has 9 heteroatoms. The number of carbonyl (C=O) groups is 3. The molecular weight excluding hydrogens is 417 g/mol. The fourth-order valence-corrected chi connectivity index (χ4v) is 3.83. The molecule has 8 nitrogen and oxygen atoms in total. The van der Waals surface area contributed by atoms with Gasteiger partial charge in [0.1, 0.15) is 24.3 Å². The van der Waals surface area contributed by atoms with Crippen LogP contribution in [0.15, 0.2) is 53.5 Å². The van der Waals surface area contributed by atoms with E-state index in [9.17, 15) is 23.9 Å². The number of rotatable bonds is 7. The van der Waals surface area contributed by atoms with E-state index in [-0.39, 0.29) is 29.5 Å². The number of amides is 2. The first-order chi connectivity index (χ1) is 15.1. The number of hydrogen-bond acceptors (Lipinski definition) is 5. The van der Waals surface area contributed by atoms with Gasteiger partial charge in [-0.25, -0.2) is 9.18 Å². The number of ether oxygens (including phenoxy) is 1. The number of Topliss-reactive ketones (excluding diaryl/α,β-unsaturated/α-hetero) is 1. The average molecular weight is 443 g/mol. The zero-order chi connectivity index (χ0) is 23.6. The zero-order valence-electron chi connectivity index (χ0n) is 18.2. The van der Waals surface area contributed by atoms with E-state index in [1.54, 1.807) is 29.3 Å².